The summed E-state index contributed by atoms with van der Waals surface area (Å²) in [5.41, 5.74) is 12.1. The minimum atomic E-state index is -4.50. The largest absolute Gasteiger partial charge is 0.491 e. The average molecular weight is 1920 g/mol. The molecule has 0 spiro atoms. The summed E-state index contributed by atoms with van der Waals surface area (Å²) < 4.78 is 92.7. The highest BCUT2D eigenvalue weighted by Crippen LogP contribution is 2.35. The third kappa shape index (κ3) is 35.7. The molecule has 0 radical (unpaired) electrons. The number of aliphatic hydroxyl groups excluding tert-OH is 4. The number of likely N-dealkylation sites (N-methyl/N-ethyl adjacent to an activating group) is 4. The van der Waals surface area contributed by atoms with Crippen LogP contribution in [0.3, 0.4) is 0 Å². The number of likely N-dealkylation sites (tertiary alicyclic amines) is 1. The highest BCUT2D eigenvalue weighted by Gasteiger charge is 2.32. The number of aromatic nitrogens is 12. The van der Waals surface area contributed by atoms with Gasteiger partial charge in [0.2, 0.25) is 11.8 Å². The number of halogens is 3. The molecule has 8 N–H and O–H groups in total. The van der Waals surface area contributed by atoms with Crippen LogP contribution in [0.5, 0.6) is 28.9 Å². The van der Waals surface area contributed by atoms with Crippen molar-refractivity contribution in [1.29, 1.82) is 0 Å². The van der Waals surface area contributed by atoms with Crippen molar-refractivity contribution in [2.45, 2.75) is 186 Å². The molecule has 138 heavy (non-hydrogen) atoms. The van der Waals surface area contributed by atoms with Crippen LogP contribution in [0, 0.1) is 5.92 Å². The molecule has 0 aliphatic carbocycles. The van der Waals surface area contributed by atoms with Gasteiger partial charge in [-0.15, -0.1) is 0 Å². The lowest BCUT2D eigenvalue weighted by molar-refractivity contribution is -0.141. The van der Waals surface area contributed by atoms with E-state index < -0.39 is 46.1 Å². The number of pyridine rings is 2. The number of rotatable bonds is 49. The van der Waals surface area contributed by atoms with Gasteiger partial charge in [0.15, 0.2) is 33.1 Å². The molecule has 4 atom stereocenters. The third-order valence-electron chi connectivity index (χ3n) is 22.1. The number of hydrogen-bond acceptors (Lipinski definition) is 27. The van der Waals surface area contributed by atoms with Crippen molar-refractivity contribution in [3.63, 3.8) is 0 Å². The summed E-state index contributed by atoms with van der Waals surface area (Å²) in [5, 5.41) is 55.9. The maximum absolute atomic E-state index is 12.9. The molecular formula is C105H134F3N17O12S. The number of unbranched alkanes of at least 4 members (excludes halogenated alkanes) is 7. The molecule has 13 rings (SSSR count). The predicted octanol–water partition coefficient (Wildman–Crippen LogP) is 16.3. The Kier molecular flexibility index (Phi) is 43.8. The Morgan fingerprint density at radius 1 is 0.442 bits per heavy atom. The van der Waals surface area contributed by atoms with Crippen molar-refractivity contribution in [2.75, 3.05) is 107 Å². The Hall–Kier alpha value is -12.2. The van der Waals surface area contributed by atoms with Gasteiger partial charge < -0.3 is 70.3 Å². The first-order chi connectivity index (χ1) is 66.6. The summed E-state index contributed by atoms with van der Waals surface area (Å²) in [7, 11) is 5.46. The number of nitrogens with zero attached hydrogens (tertiary/aromatic N) is 13. The van der Waals surface area contributed by atoms with Gasteiger partial charge >= 0.3 is 6.18 Å². The number of hydrogen-bond donors (Lipinski definition) is 8. The fourth-order valence-electron chi connectivity index (χ4n) is 14.9. The van der Waals surface area contributed by atoms with E-state index in [1.54, 1.807) is 84.0 Å². The normalized spacial score (nSPS) is 12.9. The third-order valence-corrected chi connectivity index (χ3v) is 23.2. The van der Waals surface area contributed by atoms with Crippen LogP contribution >= 0.6 is 0 Å². The molecule has 29 nitrogen and oxygen atoms in total. The maximum atomic E-state index is 12.9. The van der Waals surface area contributed by atoms with Gasteiger partial charge in [-0.3, -0.25) is 14.5 Å². The topological polar surface area (TPSA) is 376 Å². The van der Waals surface area contributed by atoms with Crippen LogP contribution in [0.1, 0.15) is 147 Å². The van der Waals surface area contributed by atoms with Crippen LogP contribution < -0.4 is 45.0 Å². The lowest BCUT2D eigenvalue weighted by atomic mass is 10.1. The quantitative estimate of drug-likeness (QED) is 0.0164. The molecule has 1 saturated heterocycles. The average Bonchev–Trinajstić information content (AvgIpc) is 0.901. The number of methoxy groups -OCH3 is 1. The van der Waals surface area contributed by atoms with Crippen LogP contribution in [-0.4, -0.2) is 231 Å². The van der Waals surface area contributed by atoms with E-state index in [1.165, 1.54) is 18.5 Å². The fourth-order valence-corrected chi connectivity index (χ4v) is 15.5. The first kappa shape index (κ1) is 108. The second-order valence-corrected chi connectivity index (χ2v) is 36.5. The van der Waals surface area contributed by atoms with E-state index in [2.05, 4.69) is 82.0 Å². The molecule has 0 saturated carbocycles. The number of carbonyl (C=O) groups excluding carboxylic acids is 1. The lowest BCUT2D eigenvalue weighted by Gasteiger charge is -2.15. The molecule has 12 aromatic rings. The smallest absolute Gasteiger partial charge is 0.433 e. The van der Waals surface area contributed by atoms with Crippen molar-refractivity contribution >= 4 is 15.7 Å². The van der Waals surface area contributed by atoms with Gasteiger partial charge in [-0.05, 0) is 201 Å². The molecule has 1 amide bonds. The first-order valence-corrected chi connectivity index (χ1v) is 49.4. The Bertz CT molecular complexity index is 5850. The first-order valence-electron chi connectivity index (χ1n) is 47.5. The Labute approximate surface area is 809 Å². The van der Waals surface area contributed by atoms with E-state index in [9.17, 15) is 46.8 Å². The molecule has 8 heterocycles. The van der Waals surface area contributed by atoms with E-state index in [0.717, 1.165) is 202 Å². The van der Waals surface area contributed by atoms with Crippen molar-refractivity contribution in [3.05, 3.63) is 223 Å². The number of nitrogens with one attached hydrogen (secondary N) is 4. The molecule has 0 bridgehead atoms. The lowest BCUT2D eigenvalue weighted by Crippen LogP contribution is -2.29. The summed E-state index contributed by atoms with van der Waals surface area (Å²) in [6, 6.07) is 50.8. The molecule has 1 aliphatic rings. The highest BCUT2D eigenvalue weighted by atomic mass is 32.2. The minimum absolute atomic E-state index is 0.130. The van der Waals surface area contributed by atoms with Crippen molar-refractivity contribution < 1.29 is 70.5 Å². The second-order valence-electron chi connectivity index (χ2n) is 34.4. The number of carbonyl (C=O) groups is 1. The zero-order valence-corrected chi connectivity index (χ0v) is 81.9. The SMILES string of the molecule is CCCCCc1cc(-c2ccc(C(F)(F)F)nc2)nc(-c2cccc(OCC(O)CNC)c2)n1.CCCCCc1cc(-c2ccc(S(C)(=O)=O)cc2)nc(-c2cccc(OCC(O)CNC)c2)n1.CCCCCc1cc(-c2ccnc(OC)c2)nc(-c2cccc(OCC(O)CNC)c2)n1.CNCC(O)COc1cccc(-c2nc(CCCCN3CCCC3=O)cc(-c3cnn(CC(C)C)c3)n2)c1. The van der Waals surface area contributed by atoms with Gasteiger partial charge in [0.1, 0.15) is 79.5 Å². The molecule has 1 fully saturated rings. The summed E-state index contributed by atoms with van der Waals surface area (Å²) in [4.78, 5) is 60.3. The van der Waals surface area contributed by atoms with E-state index in [-0.39, 0.29) is 37.2 Å². The van der Waals surface area contributed by atoms with Crippen LogP contribution in [0.15, 0.2) is 200 Å². The Morgan fingerprint density at radius 3 is 1.17 bits per heavy atom. The van der Waals surface area contributed by atoms with Crippen molar-refractivity contribution in [3.8, 4) is 119 Å². The highest BCUT2D eigenvalue weighted by molar-refractivity contribution is 7.90. The Morgan fingerprint density at radius 2 is 0.826 bits per heavy atom. The summed E-state index contributed by atoms with van der Waals surface area (Å²) in [6.45, 7) is 15.9. The monoisotopic (exact) mass is 1910 g/mol. The van der Waals surface area contributed by atoms with Crippen LogP contribution in [0.4, 0.5) is 13.2 Å². The molecule has 1 aliphatic heterocycles. The van der Waals surface area contributed by atoms with Crippen molar-refractivity contribution in [2.24, 2.45) is 5.92 Å². The van der Waals surface area contributed by atoms with Gasteiger partial charge in [-0.25, -0.2) is 53.3 Å². The molecule has 738 valence electrons. The Balaban J connectivity index is 0.000000190. The van der Waals surface area contributed by atoms with E-state index in [4.69, 9.17) is 58.6 Å². The van der Waals surface area contributed by atoms with Gasteiger partial charge in [0.25, 0.3) is 0 Å². The van der Waals surface area contributed by atoms with Gasteiger partial charge in [-0.1, -0.05) is 134 Å². The summed E-state index contributed by atoms with van der Waals surface area (Å²) in [6.07, 6.45) is 17.6. The number of sulfone groups is 1. The number of aryl methyl sites for hydroxylation is 4. The van der Waals surface area contributed by atoms with Gasteiger partial charge in [-0.2, -0.15) is 18.3 Å². The standard InChI is InChI=1S/C29H40N6O3.C26H33N3O4S.C25H29F3N4O2.C25H32N4O3/c1-21(2)18-35-19-23(16-31-35)27-15-24(9-4-5-12-34-13-7-11-28(34)37)32-29(33-27)22-8-6-10-26(14-22)38-20-25(36)17-30-3;1-4-5-6-9-21-16-25(19-11-13-24(14-12-19)34(3,31)32)29-26(28-21)20-8-7-10-23(15-20)33-18-22(30)17-27-2;1-3-4-5-8-19-13-22(18-10-11-23(30-14-18)25(26,27)28)32-24(31-19)17-7-6-9-21(12-17)34-16-20(33)15-29-2;1-4-5-6-9-20-15-23(18-11-12-27-24(14-18)31-3)29-25(28-20)19-8-7-10-22(13-19)32-17-21(30)16-26-2/h6,8,10,14-16,19,21,25,30,36H,4-5,7,9,11-13,17-18,20H2,1-3H3;7-8,10-16,22,27,30H,4-6,9,17-18H2,1-3H3;6-7,9-14,20,29,33H,3-5,8,15-16H2,1-2H3;7-8,10-15,21,26,30H,4-6,9,16-17H2,1-3H3. The summed E-state index contributed by atoms with van der Waals surface area (Å²) in [5.74, 6) is 6.14. The number of alkyl halides is 3. The molecule has 5 aromatic carbocycles. The molecule has 33 heteroatoms. The zero-order valence-electron chi connectivity index (χ0n) is 81.1. The van der Waals surface area contributed by atoms with Crippen LogP contribution in [0.2, 0.25) is 0 Å². The van der Waals surface area contributed by atoms with E-state index in [0.29, 0.717) is 108 Å². The number of aliphatic hydroxyl groups is 4. The summed E-state index contributed by atoms with van der Waals surface area (Å²) >= 11 is 0. The van der Waals surface area contributed by atoms with Gasteiger partial charge in [0.05, 0.1) is 41.0 Å². The number of amides is 1. The van der Waals surface area contributed by atoms with Crippen LogP contribution in [-0.2, 0) is 53.0 Å². The molecule has 4 unspecified atom stereocenters. The van der Waals surface area contributed by atoms with Crippen molar-refractivity contribution in [1.82, 2.24) is 85.8 Å². The van der Waals surface area contributed by atoms with Gasteiger partial charge in [0, 0.05) is 150 Å². The minimum Gasteiger partial charge on any atom is -0.491 e. The number of benzene rings is 5. The predicted molar refractivity (Wildman–Crippen MR) is 533 cm³/mol. The number of ether oxygens (including phenoxy) is 5. The van der Waals surface area contributed by atoms with E-state index >= 15 is 0 Å². The maximum Gasteiger partial charge on any atom is 0.433 e. The van der Waals surface area contributed by atoms with Crippen LogP contribution in [0.25, 0.3) is 90.6 Å². The molecule has 7 aromatic heterocycles. The molecular weight excluding hydrogens is 1780 g/mol. The van der Waals surface area contributed by atoms with E-state index in [1.807, 2.05) is 131 Å². The zero-order chi connectivity index (χ0) is 98.8. The second kappa shape index (κ2) is 56.0. The fraction of sp³-hybridized carbons (Fsp3) is 0.429.